The maximum atomic E-state index is 12.8. The van der Waals surface area contributed by atoms with Gasteiger partial charge < -0.3 is 19.7 Å². The molecule has 1 fully saturated rings. The van der Waals surface area contributed by atoms with Gasteiger partial charge >= 0.3 is 0 Å². The van der Waals surface area contributed by atoms with Gasteiger partial charge in [0.25, 0.3) is 0 Å². The lowest BCUT2D eigenvalue weighted by Crippen LogP contribution is -2.41. The molecule has 32 heavy (non-hydrogen) atoms. The average molecular weight is 435 g/mol. The van der Waals surface area contributed by atoms with Crippen molar-refractivity contribution in [2.45, 2.75) is 33.2 Å². The Labute approximate surface area is 188 Å². The number of piperidine rings is 1. The van der Waals surface area contributed by atoms with Gasteiger partial charge in [-0.1, -0.05) is 12.1 Å². The van der Waals surface area contributed by atoms with Crippen LogP contribution in [0.2, 0.25) is 0 Å². The molecule has 168 valence electrons. The summed E-state index contributed by atoms with van der Waals surface area (Å²) in [6.07, 6.45) is 1.56. The molecule has 0 aliphatic carbocycles. The fourth-order valence-corrected chi connectivity index (χ4v) is 4.17. The van der Waals surface area contributed by atoms with Crippen LogP contribution in [-0.4, -0.2) is 43.2 Å². The van der Waals surface area contributed by atoms with E-state index in [1.54, 1.807) is 14.2 Å². The average Bonchev–Trinajstić information content (AvgIpc) is 2.82. The lowest BCUT2D eigenvalue weighted by molar-refractivity contribution is -0.125. The third-order valence-corrected chi connectivity index (χ3v) is 6.06. The van der Waals surface area contributed by atoms with Crippen LogP contribution in [0.4, 0.5) is 5.95 Å². The smallest absolute Gasteiger partial charge is 0.226 e. The molecular formula is C25H30N4O3. The normalized spacial score (nSPS) is 14.4. The molecule has 1 saturated heterocycles. The molecule has 1 N–H and O–H groups in total. The van der Waals surface area contributed by atoms with Crippen molar-refractivity contribution in [2.24, 2.45) is 5.92 Å². The van der Waals surface area contributed by atoms with E-state index in [0.717, 1.165) is 54.0 Å². The van der Waals surface area contributed by atoms with Gasteiger partial charge in [-0.15, -0.1) is 0 Å². The summed E-state index contributed by atoms with van der Waals surface area (Å²) >= 11 is 0. The number of hydrogen-bond acceptors (Lipinski definition) is 6. The van der Waals surface area contributed by atoms with Crippen LogP contribution in [0.1, 0.15) is 29.7 Å². The van der Waals surface area contributed by atoms with Crippen molar-refractivity contribution in [1.29, 1.82) is 0 Å². The van der Waals surface area contributed by atoms with Crippen LogP contribution >= 0.6 is 0 Å². The van der Waals surface area contributed by atoms with Crippen molar-refractivity contribution in [2.75, 3.05) is 32.2 Å². The first-order chi connectivity index (χ1) is 15.5. The molecule has 7 nitrogen and oxygen atoms in total. The van der Waals surface area contributed by atoms with E-state index in [1.165, 1.54) is 5.56 Å². The van der Waals surface area contributed by atoms with Crippen molar-refractivity contribution in [1.82, 2.24) is 15.3 Å². The van der Waals surface area contributed by atoms with Crippen LogP contribution in [0, 0.1) is 19.8 Å². The number of benzene rings is 2. The second-order valence-corrected chi connectivity index (χ2v) is 8.33. The highest BCUT2D eigenvalue weighted by molar-refractivity contribution is 5.82. The molecule has 0 saturated carbocycles. The molecule has 2 aromatic carbocycles. The predicted molar refractivity (Wildman–Crippen MR) is 125 cm³/mol. The van der Waals surface area contributed by atoms with Gasteiger partial charge in [0, 0.05) is 37.0 Å². The first-order valence-corrected chi connectivity index (χ1v) is 11.0. The molecule has 1 aliphatic heterocycles. The maximum Gasteiger partial charge on any atom is 0.226 e. The number of aryl methyl sites for hydroxylation is 2. The van der Waals surface area contributed by atoms with Crippen LogP contribution in [0.3, 0.4) is 0 Å². The van der Waals surface area contributed by atoms with Crippen LogP contribution in [0.5, 0.6) is 11.5 Å². The number of anilines is 1. The lowest BCUT2D eigenvalue weighted by atomic mass is 9.96. The Kier molecular flexibility index (Phi) is 6.44. The van der Waals surface area contributed by atoms with Crippen LogP contribution in [0.15, 0.2) is 36.4 Å². The number of aromatic nitrogens is 2. The summed E-state index contributed by atoms with van der Waals surface area (Å²) in [6.45, 7) is 6.07. The highest BCUT2D eigenvalue weighted by Gasteiger charge is 2.26. The van der Waals surface area contributed by atoms with Gasteiger partial charge in [-0.05, 0) is 56.0 Å². The standard InChI is InChI=1S/C25H30N4O3/c1-16-5-6-22-17(2)27-25(28-23(22)11-16)29-9-7-19(8-10-29)24(30)26-15-18-12-20(31-3)14-21(13-18)32-4/h5-6,11-14,19H,7-10,15H2,1-4H3,(H,26,30). The maximum absolute atomic E-state index is 12.8. The second-order valence-electron chi connectivity index (χ2n) is 8.33. The minimum atomic E-state index is -0.0115. The van der Waals surface area contributed by atoms with Crippen LogP contribution < -0.4 is 19.7 Å². The van der Waals surface area contributed by atoms with Crippen LogP contribution in [0.25, 0.3) is 10.9 Å². The second kappa shape index (κ2) is 9.42. The molecule has 1 amide bonds. The molecule has 0 atom stereocenters. The lowest BCUT2D eigenvalue weighted by Gasteiger charge is -2.31. The quantitative estimate of drug-likeness (QED) is 0.636. The van der Waals surface area contributed by atoms with Crippen molar-refractivity contribution in [3.8, 4) is 11.5 Å². The molecule has 1 aromatic heterocycles. The Morgan fingerprint density at radius 3 is 2.38 bits per heavy atom. The van der Waals surface area contributed by atoms with E-state index >= 15 is 0 Å². The zero-order valence-electron chi connectivity index (χ0n) is 19.1. The largest absolute Gasteiger partial charge is 0.497 e. The fraction of sp³-hybridized carbons (Fsp3) is 0.400. The molecule has 4 rings (SSSR count). The summed E-state index contributed by atoms with van der Waals surface area (Å²) in [4.78, 5) is 24.5. The molecule has 7 heteroatoms. The van der Waals surface area contributed by atoms with Gasteiger partial charge in [-0.25, -0.2) is 9.97 Å². The number of carbonyl (C=O) groups excluding carboxylic acids is 1. The van der Waals surface area contributed by atoms with Crippen LogP contribution in [-0.2, 0) is 11.3 Å². The SMILES string of the molecule is COc1cc(CNC(=O)C2CCN(c3nc(C)c4ccc(C)cc4n3)CC2)cc(OC)c1. The summed E-state index contributed by atoms with van der Waals surface area (Å²) in [5, 5.41) is 4.15. The van der Waals surface area contributed by atoms with Gasteiger partial charge in [0.2, 0.25) is 11.9 Å². The highest BCUT2D eigenvalue weighted by Crippen LogP contribution is 2.25. The van der Waals surface area contributed by atoms with Gasteiger partial charge in [0.1, 0.15) is 11.5 Å². The molecule has 0 spiro atoms. The Morgan fingerprint density at radius 2 is 1.72 bits per heavy atom. The summed E-state index contributed by atoms with van der Waals surface area (Å²) in [5.74, 6) is 2.24. The van der Waals surface area contributed by atoms with E-state index in [2.05, 4.69) is 35.3 Å². The first kappa shape index (κ1) is 21.9. The zero-order valence-corrected chi connectivity index (χ0v) is 19.1. The number of nitrogens with one attached hydrogen (secondary N) is 1. The number of ether oxygens (including phenoxy) is 2. The Hall–Kier alpha value is -3.35. The Balaban J connectivity index is 1.36. The van der Waals surface area contributed by atoms with E-state index < -0.39 is 0 Å². The third kappa shape index (κ3) is 4.77. The van der Waals surface area contributed by atoms with Gasteiger partial charge in [0.05, 0.1) is 25.4 Å². The fourth-order valence-electron chi connectivity index (χ4n) is 4.17. The third-order valence-electron chi connectivity index (χ3n) is 6.06. The molecule has 0 unspecified atom stereocenters. The summed E-state index contributed by atoms with van der Waals surface area (Å²) < 4.78 is 10.6. The number of amides is 1. The number of methoxy groups -OCH3 is 2. The van der Waals surface area contributed by atoms with Gasteiger partial charge in [-0.2, -0.15) is 0 Å². The Morgan fingerprint density at radius 1 is 1.03 bits per heavy atom. The van der Waals surface area contributed by atoms with Crippen molar-refractivity contribution in [3.05, 3.63) is 53.2 Å². The molecule has 1 aliphatic rings. The van der Waals surface area contributed by atoms with E-state index in [9.17, 15) is 4.79 Å². The molecule has 2 heterocycles. The molecular weight excluding hydrogens is 404 g/mol. The number of fused-ring (bicyclic) bond motifs is 1. The summed E-state index contributed by atoms with van der Waals surface area (Å²) in [7, 11) is 3.24. The summed E-state index contributed by atoms with van der Waals surface area (Å²) in [5.41, 5.74) is 4.09. The number of carbonyl (C=O) groups is 1. The number of hydrogen-bond donors (Lipinski definition) is 1. The monoisotopic (exact) mass is 434 g/mol. The Bertz CT molecular complexity index is 1100. The van der Waals surface area contributed by atoms with Crippen molar-refractivity contribution >= 4 is 22.8 Å². The summed E-state index contributed by atoms with van der Waals surface area (Å²) in [6, 6.07) is 11.9. The molecule has 3 aromatic rings. The minimum Gasteiger partial charge on any atom is -0.497 e. The zero-order chi connectivity index (χ0) is 22.7. The topological polar surface area (TPSA) is 76.6 Å². The predicted octanol–water partition coefficient (Wildman–Crippen LogP) is 3.80. The van der Waals surface area contributed by atoms with E-state index in [-0.39, 0.29) is 11.8 Å². The van der Waals surface area contributed by atoms with E-state index in [0.29, 0.717) is 18.0 Å². The minimum absolute atomic E-state index is 0.0115. The van der Waals surface area contributed by atoms with Crippen molar-refractivity contribution < 1.29 is 14.3 Å². The van der Waals surface area contributed by atoms with Crippen molar-refractivity contribution in [3.63, 3.8) is 0 Å². The first-order valence-electron chi connectivity index (χ1n) is 11.0. The van der Waals surface area contributed by atoms with E-state index in [1.807, 2.05) is 25.1 Å². The molecule has 0 bridgehead atoms. The van der Waals surface area contributed by atoms with Gasteiger partial charge in [-0.3, -0.25) is 4.79 Å². The van der Waals surface area contributed by atoms with E-state index in [4.69, 9.17) is 19.4 Å². The van der Waals surface area contributed by atoms with Gasteiger partial charge in [0.15, 0.2) is 0 Å². The number of nitrogens with zero attached hydrogens (tertiary/aromatic N) is 3. The highest BCUT2D eigenvalue weighted by atomic mass is 16.5. The molecule has 0 radical (unpaired) electrons. The number of rotatable bonds is 6.